The predicted molar refractivity (Wildman–Crippen MR) is 117 cm³/mol. The van der Waals surface area contributed by atoms with E-state index in [4.69, 9.17) is 0 Å². The summed E-state index contributed by atoms with van der Waals surface area (Å²) in [5.41, 5.74) is 0.619. The van der Waals surface area contributed by atoms with E-state index < -0.39 is 11.2 Å². The average molecular weight is 474 g/mol. The van der Waals surface area contributed by atoms with Gasteiger partial charge in [-0.25, -0.2) is 9.78 Å². The van der Waals surface area contributed by atoms with Gasteiger partial charge in [0.2, 0.25) is 5.91 Å². The summed E-state index contributed by atoms with van der Waals surface area (Å²) in [6, 6.07) is 10.0. The molecule has 2 aromatic heterocycles. The summed E-state index contributed by atoms with van der Waals surface area (Å²) in [4.78, 5) is 44.5. The molecule has 0 N–H and O–H groups in total. The van der Waals surface area contributed by atoms with Crippen LogP contribution >= 0.6 is 15.9 Å². The molecule has 8 nitrogen and oxygen atoms in total. The lowest BCUT2D eigenvalue weighted by molar-refractivity contribution is -0.135. The molecule has 1 aliphatic carbocycles. The average Bonchev–Trinajstić information content (AvgIpc) is 3.54. The first-order valence-corrected chi connectivity index (χ1v) is 10.7. The highest BCUT2D eigenvalue weighted by Crippen LogP contribution is 2.36. The molecule has 0 aliphatic heterocycles. The van der Waals surface area contributed by atoms with Crippen molar-refractivity contribution in [3.63, 3.8) is 0 Å². The molecule has 0 saturated heterocycles. The molecule has 1 aromatic carbocycles. The molecular formula is C21H24BrN5O3. The fourth-order valence-electron chi connectivity index (χ4n) is 3.90. The summed E-state index contributed by atoms with van der Waals surface area (Å²) in [6.45, 7) is 2.59. The van der Waals surface area contributed by atoms with Gasteiger partial charge in [-0.1, -0.05) is 30.3 Å². The summed E-state index contributed by atoms with van der Waals surface area (Å²) < 4.78 is 4.32. The molecule has 3 aromatic rings. The van der Waals surface area contributed by atoms with Gasteiger partial charge < -0.3 is 4.90 Å². The largest absolute Gasteiger partial charge is 0.334 e. The SMILES string of the molecule is CC(C1CC1)N(Cc1ccccc1)C(=O)Cn1c(Br)nc2c(=O)n(C)c(=O)n(C)c21. The summed E-state index contributed by atoms with van der Waals surface area (Å²) in [6.07, 6.45) is 2.25. The van der Waals surface area contributed by atoms with Gasteiger partial charge in [0.05, 0.1) is 0 Å². The van der Waals surface area contributed by atoms with Crippen molar-refractivity contribution in [1.82, 2.24) is 23.6 Å². The van der Waals surface area contributed by atoms with E-state index in [0.717, 1.165) is 23.0 Å². The van der Waals surface area contributed by atoms with Crippen LogP contribution in [0, 0.1) is 5.92 Å². The number of carbonyl (C=O) groups excluding carboxylic acids is 1. The van der Waals surface area contributed by atoms with Crippen LogP contribution in [-0.4, -0.2) is 35.5 Å². The Balaban J connectivity index is 1.72. The molecule has 4 rings (SSSR count). The zero-order valence-corrected chi connectivity index (χ0v) is 18.8. The Morgan fingerprint density at radius 1 is 1.20 bits per heavy atom. The smallest absolute Gasteiger partial charge is 0.332 e. The number of rotatable bonds is 6. The predicted octanol–water partition coefficient (Wildman–Crippen LogP) is 2.02. The van der Waals surface area contributed by atoms with E-state index in [1.165, 1.54) is 11.6 Å². The molecule has 1 saturated carbocycles. The normalized spacial score (nSPS) is 14.8. The van der Waals surface area contributed by atoms with Crippen LogP contribution in [0.15, 0.2) is 44.7 Å². The summed E-state index contributed by atoms with van der Waals surface area (Å²) in [5, 5.41) is 0. The van der Waals surface area contributed by atoms with Crippen molar-refractivity contribution < 1.29 is 4.79 Å². The van der Waals surface area contributed by atoms with Crippen LogP contribution in [-0.2, 0) is 32.0 Å². The fourth-order valence-corrected chi connectivity index (χ4v) is 4.37. The number of benzene rings is 1. The van der Waals surface area contributed by atoms with Crippen LogP contribution in [0.3, 0.4) is 0 Å². The van der Waals surface area contributed by atoms with E-state index in [9.17, 15) is 14.4 Å². The lowest BCUT2D eigenvalue weighted by Gasteiger charge is -2.30. The number of amides is 1. The number of hydrogen-bond acceptors (Lipinski definition) is 4. The van der Waals surface area contributed by atoms with Crippen LogP contribution < -0.4 is 11.2 Å². The number of nitrogens with zero attached hydrogens (tertiary/aromatic N) is 5. The van der Waals surface area contributed by atoms with Crippen molar-refractivity contribution >= 4 is 33.0 Å². The van der Waals surface area contributed by atoms with Gasteiger partial charge in [0.15, 0.2) is 15.9 Å². The van der Waals surface area contributed by atoms with Crippen molar-refractivity contribution in [3.05, 3.63) is 61.5 Å². The maximum Gasteiger partial charge on any atom is 0.332 e. The van der Waals surface area contributed by atoms with E-state index >= 15 is 0 Å². The molecule has 0 spiro atoms. The molecule has 1 aliphatic rings. The number of hydrogen-bond donors (Lipinski definition) is 0. The fraction of sp³-hybridized carbons (Fsp3) is 0.429. The Kier molecular flexibility index (Phi) is 5.40. The Hall–Kier alpha value is -2.68. The van der Waals surface area contributed by atoms with Crippen molar-refractivity contribution in [3.8, 4) is 0 Å². The Bertz CT molecular complexity index is 1220. The minimum Gasteiger partial charge on any atom is -0.334 e. The third-order valence-corrected chi connectivity index (χ3v) is 6.50. The first-order chi connectivity index (χ1) is 14.3. The summed E-state index contributed by atoms with van der Waals surface area (Å²) in [5.74, 6) is 0.434. The van der Waals surface area contributed by atoms with Crippen LogP contribution in [0.5, 0.6) is 0 Å². The van der Waals surface area contributed by atoms with Crippen molar-refractivity contribution in [2.45, 2.75) is 38.9 Å². The van der Waals surface area contributed by atoms with Crippen molar-refractivity contribution in [1.29, 1.82) is 0 Å². The molecule has 0 radical (unpaired) electrons. The van der Waals surface area contributed by atoms with E-state index in [0.29, 0.717) is 22.8 Å². The van der Waals surface area contributed by atoms with Crippen LogP contribution in [0.25, 0.3) is 11.2 Å². The first-order valence-electron chi connectivity index (χ1n) is 9.94. The molecule has 1 unspecified atom stereocenters. The van der Waals surface area contributed by atoms with Gasteiger partial charge in [-0.15, -0.1) is 0 Å². The zero-order valence-electron chi connectivity index (χ0n) is 17.2. The maximum absolute atomic E-state index is 13.4. The number of imidazole rings is 1. The van der Waals surface area contributed by atoms with E-state index in [1.807, 2.05) is 35.2 Å². The molecule has 1 amide bonds. The van der Waals surface area contributed by atoms with Gasteiger partial charge in [-0.3, -0.25) is 23.3 Å². The minimum atomic E-state index is -0.479. The molecule has 2 heterocycles. The number of halogens is 1. The van der Waals surface area contributed by atoms with Crippen LogP contribution in [0.1, 0.15) is 25.3 Å². The number of aryl methyl sites for hydroxylation is 1. The lowest BCUT2D eigenvalue weighted by atomic mass is 10.1. The van der Waals surface area contributed by atoms with Crippen molar-refractivity contribution in [2.24, 2.45) is 20.0 Å². The lowest BCUT2D eigenvalue weighted by Crippen LogP contribution is -2.42. The standard InChI is InChI=1S/C21H24BrN5O3/c1-13(15-9-10-15)26(11-14-7-5-4-6-8-14)16(28)12-27-18-17(23-20(27)22)19(29)25(3)21(30)24(18)2/h4-8,13,15H,9-12H2,1-3H3. The molecule has 158 valence electrons. The molecule has 9 heteroatoms. The van der Waals surface area contributed by atoms with Gasteiger partial charge in [-0.05, 0) is 47.2 Å². The monoisotopic (exact) mass is 473 g/mol. The molecule has 0 bridgehead atoms. The van der Waals surface area contributed by atoms with Gasteiger partial charge >= 0.3 is 5.69 Å². The van der Waals surface area contributed by atoms with Crippen LogP contribution in [0.4, 0.5) is 0 Å². The van der Waals surface area contributed by atoms with Gasteiger partial charge in [0.25, 0.3) is 5.56 Å². The second kappa shape index (κ2) is 7.86. The van der Waals surface area contributed by atoms with Crippen LogP contribution in [0.2, 0.25) is 0 Å². The van der Waals surface area contributed by atoms with E-state index in [1.54, 1.807) is 11.6 Å². The van der Waals surface area contributed by atoms with Gasteiger partial charge in [-0.2, -0.15) is 0 Å². The topological polar surface area (TPSA) is 82.1 Å². The quantitative estimate of drug-likeness (QED) is 0.512. The summed E-state index contributed by atoms with van der Waals surface area (Å²) >= 11 is 3.37. The Morgan fingerprint density at radius 3 is 2.50 bits per heavy atom. The second-order valence-electron chi connectivity index (χ2n) is 7.93. The Labute approximate surface area is 181 Å². The number of fused-ring (bicyclic) bond motifs is 1. The van der Waals surface area contributed by atoms with Crippen molar-refractivity contribution in [2.75, 3.05) is 0 Å². The highest BCUT2D eigenvalue weighted by Gasteiger charge is 2.34. The molecule has 1 fully saturated rings. The molecule has 1 atom stereocenters. The van der Waals surface area contributed by atoms with E-state index in [-0.39, 0.29) is 24.0 Å². The highest BCUT2D eigenvalue weighted by atomic mass is 79.9. The molecular weight excluding hydrogens is 450 g/mol. The van der Waals surface area contributed by atoms with E-state index in [2.05, 4.69) is 27.8 Å². The maximum atomic E-state index is 13.4. The minimum absolute atomic E-state index is 0.0125. The van der Waals surface area contributed by atoms with Gasteiger partial charge in [0, 0.05) is 26.7 Å². The summed E-state index contributed by atoms with van der Waals surface area (Å²) in [7, 11) is 2.99. The van der Waals surface area contributed by atoms with Gasteiger partial charge in [0.1, 0.15) is 6.54 Å². The first kappa shape index (κ1) is 20.6. The second-order valence-corrected chi connectivity index (χ2v) is 8.64. The third kappa shape index (κ3) is 3.62. The number of carbonyl (C=O) groups is 1. The molecule has 30 heavy (non-hydrogen) atoms. The zero-order chi connectivity index (χ0) is 21.6. The Morgan fingerprint density at radius 2 is 1.87 bits per heavy atom. The number of aromatic nitrogens is 4. The third-order valence-electron chi connectivity index (χ3n) is 5.90. The highest BCUT2D eigenvalue weighted by molar-refractivity contribution is 9.10.